The predicted molar refractivity (Wildman–Crippen MR) is 117 cm³/mol. The first-order valence-electron chi connectivity index (χ1n) is 10.8. The highest BCUT2D eigenvalue weighted by Gasteiger charge is 2.36. The maximum atomic E-state index is 13.8. The first-order chi connectivity index (χ1) is 16.6. The van der Waals surface area contributed by atoms with Gasteiger partial charge in [-0.15, -0.1) is 0 Å². The molecule has 2 aliphatic heterocycles. The fraction of sp³-hybridized carbons (Fsp3) is 0.280. The standard InChI is InChI=1S/C25H20F4N2O4/c26-16-3-6-19(21(11-16)35-14-25(27,28)29)22-20-12-31(23(32)18(20)7-9-30-22)17-4-1-15(2-5-17)24(33)8-10-34-13-24/h1-7,9,11,33H,8,10,12-14H2. The predicted octanol–water partition coefficient (Wildman–Crippen LogP) is 4.60. The molecule has 0 spiro atoms. The van der Waals surface area contributed by atoms with Crippen LogP contribution in [-0.2, 0) is 16.9 Å². The molecular weight excluding hydrogens is 468 g/mol. The molecule has 1 aromatic heterocycles. The Hall–Kier alpha value is -3.50. The number of hydrogen-bond acceptors (Lipinski definition) is 5. The monoisotopic (exact) mass is 488 g/mol. The highest BCUT2D eigenvalue weighted by Crippen LogP contribution is 2.39. The first-order valence-corrected chi connectivity index (χ1v) is 10.8. The number of aromatic nitrogens is 1. The van der Waals surface area contributed by atoms with E-state index in [1.54, 1.807) is 24.3 Å². The number of amides is 1. The number of anilines is 1. The summed E-state index contributed by atoms with van der Waals surface area (Å²) >= 11 is 0. The highest BCUT2D eigenvalue weighted by atomic mass is 19.4. The number of pyridine rings is 1. The molecule has 5 rings (SSSR count). The second-order valence-corrected chi connectivity index (χ2v) is 8.50. The van der Waals surface area contributed by atoms with Crippen LogP contribution < -0.4 is 9.64 Å². The second kappa shape index (κ2) is 8.62. The zero-order valence-electron chi connectivity index (χ0n) is 18.3. The van der Waals surface area contributed by atoms with Crippen LogP contribution >= 0.6 is 0 Å². The van der Waals surface area contributed by atoms with Crippen LogP contribution in [0.4, 0.5) is 23.2 Å². The van der Waals surface area contributed by atoms with Crippen LogP contribution in [-0.4, -0.2) is 42.0 Å². The SMILES string of the molecule is O=C1c2ccnc(-c3ccc(F)cc3OCC(F)(F)F)c2CN1c1ccc(C2(O)CCOC2)cc1. The molecule has 6 nitrogen and oxygen atoms in total. The van der Waals surface area contributed by atoms with Crippen molar-refractivity contribution in [1.29, 1.82) is 0 Å². The smallest absolute Gasteiger partial charge is 0.422 e. The molecule has 10 heteroatoms. The number of fused-ring (bicyclic) bond motifs is 1. The largest absolute Gasteiger partial charge is 0.483 e. The second-order valence-electron chi connectivity index (χ2n) is 8.50. The van der Waals surface area contributed by atoms with Gasteiger partial charge in [-0.05, 0) is 35.9 Å². The molecule has 1 fully saturated rings. The molecular formula is C25H20F4N2O4. The number of carbonyl (C=O) groups is 1. The third kappa shape index (κ3) is 4.46. The van der Waals surface area contributed by atoms with Gasteiger partial charge in [0.05, 0.1) is 18.8 Å². The molecule has 2 aliphatic rings. The minimum Gasteiger partial charge on any atom is -0.483 e. The third-order valence-corrected chi connectivity index (χ3v) is 6.15. The van der Waals surface area contributed by atoms with Crippen molar-refractivity contribution in [2.75, 3.05) is 24.7 Å². The number of ether oxygens (including phenoxy) is 2. The van der Waals surface area contributed by atoms with Gasteiger partial charge in [-0.3, -0.25) is 9.78 Å². The Morgan fingerprint density at radius 3 is 2.57 bits per heavy atom. The molecule has 1 atom stereocenters. The quantitative estimate of drug-likeness (QED) is 0.532. The van der Waals surface area contributed by atoms with Gasteiger partial charge in [0, 0.05) is 47.7 Å². The third-order valence-electron chi connectivity index (χ3n) is 6.15. The van der Waals surface area contributed by atoms with E-state index in [-0.39, 0.29) is 36.1 Å². The van der Waals surface area contributed by atoms with Crippen LogP contribution in [0.5, 0.6) is 5.75 Å². The van der Waals surface area contributed by atoms with Crippen LogP contribution in [0.1, 0.15) is 27.9 Å². The summed E-state index contributed by atoms with van der Waals surface area (Å²) in [5.74, 6) is -1.38. The number of nitrogens with zero attached hydrogens (tertiary/aromatic N) is 2. The van der Waals surface area contributed by atoms with E-state index in [2.05, 4.69) is 4.98 Å². The number of rotatable bonds is 5. The Bertz CT molecular complexity index is 1270. The molecule has 0 aliphatic carbocycles. The molecule has 1 N–H and O–H groups in total. The molecule has 182 valence electrons. The van der Waals surface area contributed by atoms with Crippen molar-refractivity contribution in [1.82, 2.24) is 4.98 Å². The van der Waals surface area contributed by atoms with Crippen molar-refractivity contribution in [3.63, 3.8) is 0 Å². The zero-order valence-corrected chi connectivity index (χ0v) is 18.3. The van der Waals surface area contributed by atoms with Crippen molar-refractivity contribution in [2.45, 2.75) is 24.7 Å². The lowest BCUT2D eigenvalue weighted by molar-refractivity contribution is -0.153. The Kier molecular flexibility index (Phi) is 5.72. The van der Waals surface area contributed by atoms with Gasteiger partial charge in [-0.2, -0.15) is 13.2 Å². The van der Waals surface area contributed by atoms with E-state index in [9.17, 15) is 27.5 Å². The van der Waals surface area contributed by atoms with Gasteiger partial charge < -0.3 is 19.5 Å². The summed E-state index contributed by atoms with van der Waals surface area (Å²) in [5, 5.41) is 10.7. The number of carbonyl (C=O) groups excluding carboxylic acids is 1. The van der Waals surface area contributed by atoms with Crippen molar-refractivity contribution in [3.8, 4) is 17.0 Å². The molecule has 3 heterocycles. The Balaban J connectivity index is 1.46. The summed E-state index contributed by atoms with van der Waals surface area (Å²) in [4.78, 5) is 19.0. The van der Waals surface area contributed by atoms with Gasteiger partial charge in [-0.1, -0.05) is 12.1 Å². The Morgan fingerprint density at radius 1 is 1.11 bits per heavy atom. The van der Waals surface area contributed by atoms with E-state index in [0.29, 0.717) is 35.4 Å². The maximum Gasteiger partial charge on any atom is 0.422 e. The summed E-state index contributed by atoms with van der Waals surface area (Å²) in [5.41, 5.74) is 1.42. The Labute approximate surface area is 197 Å². The van der Waals surface area contributed by atoms with Crippen LogP contribution in [0, 0.1) is 5.82 Å². The highest BCUT2D eigenvalue weighted by molar-refractivity contribution is 6.11. The lowest BCUT2D eigenvalue weighted by atomic mass is 9.93. The number of hydrogen-bond donors (Lipinski definition) is 1. The molecule has 0 bridgehead atoms. The fourth-order valence-corrected chi connectivity index (χ4v) is 4.37. The lowest BCUT2D eigenvalue weighted by Gasteiger charge is -2.22. The van der Waals surface area contributed by atoms with E-state index in [1.807, 2.05) is 0 Å². The maximum absolute atomic E-state index is 13.8. The van der Waals surface area contributed by atoms with Crippen LogP contribution in [0.15, 0.2) is 54.7 Å². The van der Waals surface area contributed by atoms with Crippen LogP contribution in [0.3, 0.4) is 0 Å². The van der Waals surface area contributed by atoms with E-state index in [4.69, 9.17) is 9.47 Å². The number of alkyl halides is 3. The van der Waals surface area contributed by atoms with E-state index in [1.165, 1.54) is 23.2 Å². The zero-order chi connectivity index (χ0) is 24.8. The molecule has 0 saturated carbocycles. The molecule has 35 heavy (non-hydrogen) atoms. The summed E-state index contributed by atoms with van der Waals surface area (Å²) in [6.45, 7) is -0.814. The number of halogens is 4. The van der Waals surface area contributed by atoms with Crippen LogP contribution in [0.25, 0.3) is 11.3 Å². The van der Waals surface area contributed by atoms with Gasteiger partial charge in [0.15, 0.2) is 6.61 Å². The molecule has 1 amide bonds. The lowest BCUT2D eigenvalue weighted by Crippen LogP contribution is -2.26. The molecule has 1 saturated heterocycles. The van der Waals surface area contributed by atoms with E-state index < -0.39 is 24.2 Å². The van der Waals surface area contributed by atoms with Gasteiger partial charge in [0.25, 0.3) is 5.91 Å². The van der Waals surface area contributed by atoms with E-state index >= 15 is 0 Å². The van der Waals surface area contributed by atoms with Crippen molar-refractivity contribution >= 4 is 11.6 Å². The molecule has 3 aromatic rings. The summed E-state index contributed by atoms with van der Waals surface area (Å²) < 4.78 is 62.2. The molecule has 2 aromatic carbocycles. The average Bonchev–Trinajstić information content (AvgIpc) is 3.42. The van der Waals surface area contributed by atoms with Crippen LogP contribution in [0.2, 0.25) is 0 Å². The van der Waals surface area contributed by atoms with Crippen molar-refractivity contribution < 1.29 is 36.9 Å². The fourth-order valence-electron chi connectivity index (χ4n) is 4.37. The average molecular weight is 488 g/mol. The summed E-state index contributed by atoms with van der Waals surface area (Å²) in [6, 6.07) is 11.7. The van der Waals surface area contributed by atoms with Crippen molar-refractivity contribution in [2.24, 2.45) is 0 Å². The van der Waals surface area contributed by atoms with E-state index in [0.717, 1.165) is 12.1 Å². The normalized spacial score (nSPS) is 19.8. The number of aliphatic hydroxyl groups is 1. The minimum absolute atomic E-state index is 0.111. The van der Waals surface area contributed by atoms with Gasteiger partial charge >= 0.3 is 6.18 Å². The number of benzene rings is 2. The minimum atomic E-state index is -4.60. The van der Waals surface area contributed by atoms with Gasteiger partial charge in [0.1, 0.15) is 17.2 Å². The van der Waals surface area contributed by atoms with Gasteiger partial charge in [-0.25, -0.2) is 4.39 Å². The molecule has 0 radical (unpaired) electrons. The first kappa shape index (κ1) is 23.3. The summed E-state index contributed by atoms with van der Waals surface area (Å²) in [7, 11) is 0. The molecule has 1 unspecified atom stereocenters. The topological polar surface area (TPSA) is 71.9 Å². The van der Waals surface area contributed by atoms with Crippen molar-refractivity contribution in [3.05, 3.63) is 77.2 Å². The van der Waals surface area contributed by atoms with Gasteiger partial charge in [0.2, 0.25) is 0 Å². The summed E-state index contributed by atoms with van der Waals surface area (Å²) in [6.07, 6.45) is -2.75. The Morgan fingerprint density at radius 2 is 1.89 bits per heavy atom.